The molecule has 2 aromatic carbocycles. The third-order valence-electron chi connectivity index (χ3n) is 5.93. The highest BCUT2D eigenvalue weighted by Crippen LogP contribution is 2.32. The van der Waals surface area contributed by atoms with Crippen molar-refractivity contribution in [3.8, 4) is 5.75 Å². The summed E-state index contributed by atoms with van der Waals surface area (Å²) in [4.78, 5) is 41.6. The van der Waals surface area contributed by atoms with E-state index in [1.165, 1.54) is 29.2 Å². The third-order valence-corrected chi connectivity index (χ3v) is 7.59. The lowest BCUT2D eigenvalue weighted by molar-refractivity contribution is -0.121. The Balaban J connectivity index is 1.41. The molecule has 4 rings (SSSR count). The van der Waals surface area contributed by atoms with Crippen LogP contribution in [0.25, 0.3) is 6.08 Å². The first-order chi connectivity index (χ1) is 16.5. The summed E-state index contributed by atoms with van der Waals surface area (Å²) >= 11 is 6.85. The zero-order valence-electron chi connectivity index (χ0n) is 18.9. The predicted octanol–water partition coefficient (Wildman–Crippen LogP) is 4.73. The summed E-state index contributed by atoms with van der Waals surface area (Å²) in [6.07, 6.45) is 6.71. The van der Waals surface area contributed by atoms with Crippen molar-refractivity contribution in [1.82, 2.24) is 4.90 Å². The lowest BCUT2D eigenvalue weighted by Gasteiger charge is -2.29. The molecule has 2 aliphatic heterocycles. The number of likely N-dealkylation sites (tertiary alicyclic amines) is 1. The van der Waals surface area contributed by atoms with Gasteiger partial charge >= 0.3 is 0 Å². The van der Waals surface area contributed by atoms with Gasteiger partial charge in [0.05, 0.1) is 12.8 Å². The van der Waals surface area contributed by atoms with Gasteiger partial charge in [-0.3, -0.25) is 14.4 Å². The van der Waals surface area contributed by atoms with Crippen molar-refractivity contribution in [2.45, 2.75) is 30.9 Å². The number of ketones is 1. The number of hydrogen-bond donors (Lipinski definition) is 0. The SMILES string of the molecule is COc1ccccc1/C=C/C(=O)c1ccc(N2C(=O)C[C@@H](SC(=S)N3CCCCC3)C2=O)cc1. The molecule has 8 heteroatoms. The van der Waals surface area contributed by atoms with E-state index < -0.39 is 5.25 Å². The third kappa shape index (κ3) is 5.39. The van der Waals surface area contributed by atoms with Crippen LogP contribution in [0.4, 0.5) is 5.69 Å². The van der Waals surface area contributed by atoms with Gasteiger partial charge in [0.15, 0.2) is 5.78 Å². The van der Waals surface area contributed by atoms with E-state index in [1.807, 2.05) is 24.3 Å². The predicted molar refractivity (Wildman–Crippen MR) is 139 cm³/mol. The van der Waals surface area contributed by atoms with Gasteiger partial charge in [-0.15, -0.1) is 0 Å². The second-order valence-electron chi connectivity index (χ2n) is 8.18. The Kier molecular flexibility index (Phi) is 7.80. The van der Waals surface area contributed by atoms with E-state index in [0.29, 0.717) is 21.3 Å². The molecule has 2 fully saturated rings. The zero-order chi connectivity index (χ0) is 24.1. The summed E-state index contributed by atoms with van der Waals surface area (Å²) in [5.41, 5.74) is 1.73. The summed E-state index contributed by atoms with van der Waals surface area (Å²) in [6.45, 7) is 1.82. The molecule has 0 saturated carbocycles. The number of anilines is 1. The van der Waals surface area contributed by atoms with Gasteiger partial charge in [0.1, 0.15) is 15.3 Å². The normalized spacial score (nSPS) is 18.6. The number of amides is 2. The fourth-order valence-electron chi connectivity index (χ4n) is 4.08. The van der Waals surface area contributed by atoms with Crippen molar-refractivity contribution in [3.05, 3.63) is 65.7 Å². The topological polar surface area (TPSA) is 66.9 Å². The number of thioether (sulfide) groups is 1. The number of rotatable bonds is 6. The Morgan fingerprint density at radius 2 is 1.76 bits per heavy atom. The Morgan fingerprint density at radius 3 is 2.47 bits per heavy atom. The number of carbonyl (C=O) groups is 3. The number of allylic oxidation sites excluding steroid dienone is 1. The van der Waals surface area contributed by atoms with Crippen molar-refractivity contribution in [2.75, 3.05) is 25.1 Å². The van der Waals surface area contributed by atoms with E-state index in [2.05, 4.69) is 4.90 Å². The van der Waals surface area contributed by atoms with Crippen molar-refractivity contribution in [2.24, 2.45) is 0 Å². The molecule has 2 saturated heterocycles. The summed E-state index contributed by atoms with van der Waals surface area (Å²) in [6, 6.07) is 14.0. The first-order valence-corrected chi connectivity index (χ1v) is 12.5. The quantitative estimate of drug-likeness (QED) is 0.249. The molecule has 2 aromatic rings. The lowest BCUT2D eigenvalue weighted by atomic mass is 10.1. The molecule has 2 heterocycles. The Labute approximate surface area is 208 Å². The Bertz CT molecular complexity index is 1120. The van der Waals surface area contributed by atoms with E-state index in [4.69, 9.17) is 17.0 Å². The second kappa shape index (κ2) is 11.0. The Hall–Kier alpha value is -2.97. The number of methoxy groups -OCH3 is 1. The summed E-state index contributed by atoms with van der Waals surface area (Å²) < 4.78 is 5.99. The second-order valence-corrected chi connectivity index (χ2v) is 10.0. The molecule has 34 heavy (non-hydrogen) atoms. The maximum atomic E-state index is 13.0. The molecule has 0 radical (unpaired) electrons. The van der Waals surface area contributed by atoms with Gasteiger partial charge < -0.3 is 9.64 Å². The summed E-state index contributed by atoms with van der Waals surface area (Å²) in [5.74, 6) is -0.0133. The van der Waals surface area contributed by atoms with Gasteiger partial charge in [0.25, 0.3) is 0 Å². The van der Waals surface area contributed by atoms with Gasteiger partial charge in [0, 0.05) is 30.6 Å². The van der Waals surface area contributed by atoms with E-state index in [1.54, 1.807) is 37.5 Å². The maximum absolute atomic E-state index is 13.0. The van der Waals surface area contributed by atoms with Crippen LogP contribution in [-0.2, 0) is 9.59 Å². The molecule has 0 aliphatic carbocycles. The maximum Gasteiger partial charge on any atom is 0.247 e. The largest absolute Gasteiger partial charge is 0.496 e. The smallest absolute Gasteiger partial charge is 0.247 e. The highest BCUT2D eigenvalue weighted by atomic mass is 32.2. The van der Waals surface area contributed by atoms with Crippen molar-refractivity contribution in [1.29, 1.82) is 0 Å². The highest BCUT2D eigenvalue weighted by Gasteiger charge is 2.41. The number of carbonyl (C=O) groups excluding carboxylic acids is 3. The van der Waals surface area contributed by atoms with Crippen LogP contribution in [0.15, 0.2) is 54.6 Å². The average Bonchev–Trinajstić information content (AvgIpc) is 3.15. The molecular weight excluding hydrogens is 468 g/mol. The molecule has 6 nitrogen and oxygen atoms in total. The standard InChI is InChI=1S/C26H26N2O4S2/c1-32-22-8-4-3-7-19(22)11-14-21(29)18-9-12-20(13-10-18)28-24(30)17-23(25(28)31)34-26(33)27-15-5-2-6-16-27/h3-4,7-14,23H,2,5-6,15-17H2,1H3/b14-11+/t23-/m1/s1. The van der Waals surface area contributed by atoms with Crippen LogP contribution < -0.4 is 9.64 Å². The highest BCUT2D eigenvalue weighted by molar-refractivity contribution is 8.23. The van der Waals surface area contributed by atoms with E-state index in [0.717, 1.165) is 31.5 Å². The zero-order valence-corrected chi connectivity index (χ0v) is 20.6. The number of nitrogens with zero attached hydrogens (tertiary/aromatic N) is 2. The van der Waals surface area contributed by atoms with Crippen molar-refractivity contribution < 1.29 is 19.1 Å². The summed E-state index contributed by atoms with van der Waals surface area (Å²) in [7, 11) is 1.58. The van der Waals surface area contributed by atoms with Crippen LogP contribution in [0.2, 0.25) is 0 Å². The fraction of sp³-hybridized carbons (Fsp3) is 0.308. The van der Waals surface area contributed by atoms with Gasteiger partial charge in [-0.05, 0) is 61.7 Å². The average molecular weight is 495 g/mol. The molecule has 176 valence electrons. The van der Waals surface area contributed by atoms with E-state index in [9.17, 15) is 14.4 Å². The Morgan fingerprint density at radius 1 is 1.06 bits per heavy atom. The van der Waals surface area contributed by atoms with Crippen molar-refractivity contribution in [3.63, 3.8) is 0 Å². The minimum absolute atomic E-state index is 0.125. The lowest BCUT2D eigenvalue weighted by Crippen LogP contribution is -2.35. The molecule has 2 amide bonds. The van der Waals surface area contributed by atoms with Gasteiger partial charge in [0.2, 0.25) is 11.8 Å². The van der Waals surface area contributed by atoms with Crippen LogP contribution in [0.3, 0.4) is 0 Å². The number of imide groups is 1. The number of thiocarbonyl (C=S) groups is 1. The molecule has 0 unspecified atom stereocenters. The first-order valence-electron chi connectivity index (χ1n) is 11.3. The number of ether oxygens (including phenoxy) is 1. The molecule has 1 atom stereocenters. The minimum atomic E-state index is -0.507. The fourth-order valence-corrected chi connectivity index (χ4v) is 5.62. The van der Waals surface area contributed by atoms with Crippen molar-refractivity contribution >= 4 is 57.7 Å². The number of benzene rings is 2. The molecule has 0 bridgehead atoms. The van der Waals surface area contributed by atoms with Crippen LogP contribution >= 0.6 is 24.0 Å². The van der Waals surface area contributed by atoms with Gasteiger partial charge in [-0.2, -0.15) is 0 Å². The molecule has 0 aromatic heterocycles. The number of piperidine rings is 1. The summed E-state index contributed by atoms with van der Waals surface area (Å²) in [5, 5.41) is -0.507. The van der Waals surface area contributed by atoms with Crippen LogP contribution in [-0.4, -0.2) is 52.3 Å². The van der Waals surface area contributed by atoms with Gasteiger partial charge in [-0.25, -0.2) is 4.90 Å². The monoisotopic (exact) mass is 494 g/mol. The van der Waals surface area contributed by atoms with Gasteiger partial charge in [-0.1, -0.05) is 42.2 Å². The molecule has 0 spiro atoms. The molecule has 2 aliphatic rings. The number of para-hydroxylation sites is 1. The van der Waals surface area contributed by atoms with E-state index in [-0.39, 0.29) is 24.0 Å². The van der Waals surface area contributed by atoms with E-state index >= 15 is 0 Å². The van der Waals surface area contributed by atoms with Crippen LogP contribution in [0, 0.1) is 0 Å². The molecular formula is C26H26N2O4S2. The minimum Gasteiger partial charge on any atom is -0.496 e. The first kappa shape index (κ1) is 24.2. The van der Waals surface area contributed by atoms with Crippen LogP contribution in [0.5, 0.6) is 5.75 Å². The molecule has 0 N–H and O–H groups in total. The van der Waals surface area contributed by atoms with Crippen LogP contribution in [0.1, 0.15) is 41.6 Å². The number of hydrogen-bond acceptors (Lipinski definition) is 6.